The van der Waals surface area contributed by atoms with E-state index in [1.54, 1.807) is 24.3 Å². The quantitative estimate of drug-likeness (QED) is 0.230. The van der Waals surface area contributed by atoms with Crippen molar-refractivity contribution >= 4 is 26.6 Å². The molecule has 3 aromatic rings. The van der Waals surface area contributed by atoms with Gasteiger partial charge >= 0.3 is 10.5 Å². The van der Waals surface area contributed by atoms with E-state index >= 15 is 0 Å². The van der Waals surface area contributed by atoms with Gasteiger partial charge < -0.3 is 22.6 Å². The highest BCUT2D eigenvalue weighted by molar-refractivity contribution is 7.91. The maximum Gasteiger partial charge on any atom is 0.488 e. The second-order valence-corrected chi connectivity index (χ2v) is 8.58. The average Bonchev–Trinajstić information content (AvgIpc) is 2.74. The predicted octanol–water partition coefficient (Wildman–Crippen LogP) is 4.34. The van der Waals surface area contributed by atoms with Gasteiger partial charge in [-0.25, -0.2) is 0 Å². The minimum Gasteiger partial charge on any atom is -0.497 e. The first-order valence-electron chi connectivity index (χ1n) is 9.08. The summed E-state index contributed by atoms with van der Waals surface area (Å²) >= 11 is 0. The molecule has 8 nitrogen and oxygen atoms in total. The number of hydrogen-bond donors (Lipinski definition) is 0. The van der Waals surface area contributed by atoms with Gasteiger partial charge in [-0.2, -0.15) is 12.6 Å². The van der Waals surface area contributed by atoms with Crippen molar-refractivity contribution in [3.63, 3.8) is 0 Å². The van der Waals surface area contributed by atoms with Gasteiger partial charge in [0.2, 0.25) is 0 Å². The van der Waals surface area contributed by atoms with Crippen molar-refractivity contribution in [3.8, 4) is 28.7 Å². The summed E-state index contributed by atoms with van der Waals surface area (Å²) in [6.45, 7) is 0. The third-order valence-corrected chi connectivity index (χ3v) is 4.75. The molecular weight excluding hydrogens is 482 g/mol. The van der Waals surface area contributed by atoms with E-state index in [9.17, 15) is 20.4 Å². The predicted molar refractivity (Wildman–Crippen MR) is 118 cm³/mol. The number of methoxy groups -OCH3 is 1. The van der Waals surface area contributed by atoms with E-state index in [-0.39, 0.29) is 17.2 Å². The molecule has 0 N–H and O–H groups in total. The van der Waals surface area contributed by atoms with Gasteiger partial charge in [-0.1, -0.05) is 16.0 Å². The van der Waals surface area contributed by atoms with Gasteiger partial charge in [-0.15, -0.1) is 3.89 Å². The van der Waals surface area contributed by atoms with Crippen LogP contribution in [0.4, 0.5) is 7.77 Å². The molecule has 12 heteroatoms. The molecule has 0 bridgehead atoms. The highest BCUT2D eigenvalue weighted by atomic mass is 32.3. The van der Waals surface area contributed by atoms with Gasteiger partial charge in [0.05, 0.1) is 7.11 Å². The van der Waals surface area contributed by atoms with Crippen LogP contribution in [0.25, 0.3) is 0 Å². The zero-order valence-electron chi connectivity index (χ0n) is 17.1. The fraction of sp³-hybridized carbons (Fsp3) is 0.0952. The number of ether oxygens (including phenoxy) is 3. The first kappa shape index (κ1) is 24.1. The Morgan fingerprint density at radius 3 is 1.67 bits per heavy atom. The Labute approximate surface area is 190 Å². The lowest BCUT2D eigenvalue weighted by molar-refractivity contribution is 0.00361. The highest BCUT2D eigenvalue weighted by Gasteiger charge is 2.18. The van der Waals surface area contributed by atoms with Crippen LogP contribution in [0.2, 0.25) is 0 Å². The van der Waals surface area contributed by atoms with Crippen LogP contribution in [0.1, 0.15) is 11.9 Å². The van der Waals surface area contributed by atoms with Gasteiger partial charge in [0.25, 0.3) is 16.5 Å². The Morgan fingerprint density at radius 1 is 0.727 bits per heavy atom. The molecule has 0 aromatic heterocycles. The summed E-state index contributed by atoms with van der Waals surface area (Å²) in [4.78, 5) is 0. The van der Waals surface area contributed by atoms with Crippen LogP contribution in [0.3, 0.4) is 0 Å². The zero-order chi connectivity index (χ0) is 24.1. The molecule has 0 heterocycles. The number of rotatable bonds is 10. The first-order chi connectivity index (χ1) is 15.5. The fourth-order valence-electron chi connectivity index (χ4n) is 2.60. The third-order valence-electron chi connectivity index (χ3n) is 3.92. The normalized spacial score (nSPS) is 13.9. The van der Waals surface area contributed by atoms with Crippen molar-refractivity contribution in [1.29, 1.82) is 0 Å². The van der Waals surface area contributed by atoms with E-state index in [4.69, 9.17) is 14.2 Å². The van der Waals surface area contributed by atoms with Crippen molar-refractivity contribution in [2.45, 2.75) is 6.29 Å². The molecule has 3 rings (SSSR count). The highest BCUT2D eigenvalue weighted by Crippen LogP contribution is 2.30. The summed E-state index contributed by atoms with van der Waals surface area (Å²) in [6.07, 6.45) is -1.01. The molecule has 0 aliphatic heterocycles. The number of hydrogen-bond acceptors (Lipinski definition) is 8. The van der Waals surface area contributed by atoms with Crippen LogP contribution >= 0.6 is 0 Å². The summed E-state index contributed by atoms with van der Waals surface area (Å²) in [5.41, 5.74) is 0.561. The zero-order valence-corrected chi connectivity index (χ0v) is 18.7. The maximum absolute atomic E-state index is 13.1. The first-order valence-corrected chi connectivity index (χ1v) is 11.9. The van der Waals surface area contributed by atoms with Gasteiger partial charge in [-0.3, -0.25) is 0 Å². The summed E-state index contributed by atoms with van der Waals surface area (Å²) in [5.74, 6) is 3.61. The summed E-state index contributed by atoms with van der Waals surface area (Å²) < 4.78 is 83.8. The maximum atomic E-state index is 13.1. The number of benzene rings is 3. The summed E-state index contributed by atoms with van der Waals surface area (Å²) in [7, 11) is -7.83. The van der Waals surface area contributed by atoms with E-state index < -0.39 is 27.0 Å². The average molecular weight is 500 g/mol. The van der Waals surface area contributed by atoms with Gasteiger partial charge in [0, 0.05) is 11.4 Å². The second-order valence-electron chi connectivity index (χ2n) is 6.39. The van der Waals surface area contributed by atoms with Gasteiger partial charge in [-0.05, 0) is 60.7 Å². The van der Waals surface area contributed by atoms with E-state index in [2.05, 4.69) is 14.2 Å². The van der Waals surface area contributed by atoms with Crippen molar-refractivity contribution in [3.05, 3.63) is 78.4 Å². The molecule has 0 saturated carbocycles. The van der Waals surface area contributed by atoms with Crippen LogP contribution in [-0.4, -0.2) is 25.6 Å². The molecule has 0 aliphatic rings. The molecular formula is C21H18F2O8S2. The summed E-state index contributed by atoms with van der Waals surface area (Å²) in [6, 6.07) is 17.5. The van der Waals surface area contributed by atoms with E-state index in [1.165, 1.54) is 55.6 Å². The molecule has 0 spiro atoms. The Balaban J connectivity index is 1.84. The molecule has 176 valence electrons. The van der Waals surface area contributed by atoms with Crippen molar-refractivity contribution < 1.29 is 43.0 Å². The van der Waals surface area contributed by atoms with Crippen molar-refractivity contribution in [1.82, 2.24) is 0 Å². The van der Waals surface area contributed by atoms with Crippen molar-refractivity contribution in [2.75, 3.05) is 7.11 Å². The molecule has 2 unspecified atom stereocenters. The Morgan fingerprint density at radius 2 is 1.21 bits per heavy atom. The topological polar surface area (TPSA) is 97.4 Å². The SMILES string of the molecule is C=S(=O)(F)Oc1ccc(OC(Oc2ccc(OS(=O)(=O)F)cc2)c2cccc(OC)c2)cc1. The van der Waals surface area contributed by atoms with Crippen LogP contribution in [0, 0.1) is 0 Å². The third kappa shape index (κ3) is 7.84. The molecule has 0 radical (unpaired) electrons. The lowest BCUT2D eigenvalue weighted by Crippen LogP contribution is -2.15. The Bertz CT molecular complexity index is 1210. The molecule has 3 aromatic carbocycles. The smallest absolute Gasteiger partial charge is 0.488 e. The molecule has 0 aliphatic carbocycles. The molecule has 0 saturated heterocycles. The van der Waals surface area contributed by atoms with E-state index in [0.29, 0.717) is 17.1 Å². The van der Waals surface area contributed by atoms with Crippen molar-refractivity contribution in [2.24, 2.45) is 0 Å². The van der Waals surface area contributed by atoms with E-state index in [1.807, 2.05) is 0 Å². The Hall–Kier alpha value is -3.51. The van der Waals surface area contributed by atoms with Gasteiger partial charge in [0.15, 0.2) is 0 Å². The molecule has 0 amide bonds. The monoisotopic (exact) mass is 500 g/mol. The lowest BCUT2D eigenvalue weighted by Gasteiger charge is -2.21. The second kappa shape index (κ2) is 9.96. The van der Waals surface area contributed by atoms with Crippen LogP contribution in [-0.2, 0) is 20.7 Å². The standard InChI is InChI=1S/C21H18F2O8S2/c1-27-20-5-3-4-15(14-20)21(28-16-6-10-18(11-7-16)30-32(2,22)24)29-17-8-12-19(13-9-17)31-33(23,25)26/h3-14,21H,2H2,1H3. The molecule has 2 atom stereocenters. The minimum absolute atomic E-state index is 0.0119. The lowest BCUT2D eigenvalue weighted by atomic mass is 10.2. The Kier molecular flexibility index (Phi) is 7.29. The van der Waals surface area contributed by atoms with Crippen LogP contribution in [0.15, 0.2) is 72.8 Å². The van der Waals surface area contributed by atoms with Gasteiger partial charge in [0.1, 0.15) is 28.7 Å². The van der Waals surface area contributed by atoms with E-state index in [0.717, 1.165) is 0 Å². The van der Waals surface area contributed by atoms with Crippen LogP contribution < -0.4 is 22.6 Å². The minimum atomic E-state index is -5.15. The summed E-state index contributed by atoms with van der Waals surface area (Å²) in [5, 5.41) is 0. The molecule has 0 fully saturated rings. The molecule has 33 heavy (non-hydrogen) atoms. The fourth-order valence-corrected chi connectivity index (χ4v) is 3.34. The number of halogens is 2. The van der Waals surface area contributed by atoms with Crippen LogP contribution in [0.5, 0.6) is 28.7 Å². The largest absolute Gasteiger partial charge is 0.497 e.